The van der Waals surface area contributed by atoms with Gasteiger partial charge in [0.1, 0.15) is 12.0 Å². The molecule has 1 aromatic rings. The molecule has 6 heteroatoms. The van der Waals surface area contributed by atoms with Crippen molar-refractivity contribution in [2.24, 2.45) is 16.3 Å². The number of aliphatic imine (C=N–C) groups is 1. The first-order valence-electron chi connectivity index (χ1n) is 7.99. The van der Waals surface area contributed by atoms with Crippen LogP contribution in [0.1, 0.15) is 32.4 Å². The maximum absolute atomic E-state index is 5.97. The summed E-state index contributed by atoms with van der Waals surface area (Å²) in [7, 11) is 3.84. The van der Waals surface area contributed by atoms with Crippen LogP contribution in [0, 0.1) is 11.3 Å². The highest BCUT2D eigenvalue weighted by molar-refractivity contribution is 5.80. The minimum absolute atomic E-state index is 0.135. The van der Waals surface area contributed by atoms with Crippen LogP contribution in [0.4, 0.5) is 0 Å². The SMILES string of the molecule is CN=C(NC1C2CCCOC2C1(C)C)N(C)Cc1ccon1. The van der Waals surface area contributed by atoms with Crippen LogP contribution in [0.5, 0.6) is 0 Å². The lowest BCUT2D eigenvalue weighted by Gasteiger charge is -2.60. The summed E-state index contributed by atoms with van der Waals surface area (Å²) < 4.78 is 10.9. The Morgan fingerprint density at radius 2 is 2.36 bits per heavy atom. The number of aromatic nitrogens is 1. The Balaban J connectivity index is 1.65. The fraction of sp³-hybridized carbons (Fsp3) is 0.750. The van der Waals surface area contributed by atoms with Gasteiger partial charge in [-0.2, -0.15) is 0 Å². The van der Waals surface area contributed by atoms with Crippen molar-refractivity contribution in [3.05, 3.63) is 18.0 Å². The van der Waals surface area contributed by atoms with Gasteiger partial charge in [0, 0.05) is 44.1 Å². The molecule has 2 aliphatic rings. The van der Waals surface area contributed by atoms with E-state index in [0.29, 0.717) is 24.6 Å². The van der Waals surface area contributed by atoms with Crippen molar-refractivity contribution in [2.45, 2.75) is 45.4 Å². The zero-order valence-corrected chi connectivity index (χ0v) is 13.9. The second-order valence-electron chi connectivity index (χ2n) is 6.93. The van der Waals surface area contributed by atoms with Gasteiger partial charge in [-0.05, 0) is 12.8 Å². The summed E-state index contributed by atoms with van der Waals surface area (Å²) in [6, 6.07) is 2.28. The maximum atomic E-state index is 5.97. The molecule has 2 heterocycles. The van der Waals surface area contributed by atoms with E-state index in [-0.39, 0.29) is 5.41 Å². The van der Waals surface area contributed by atoms with Crippen LogP contribution in [-0.4, -0.2) is 48.9 Å². The molecule has 3 rings (SSSR count). The third-order valence-corrected chi connectivity index (χ3v) is 5.08. The smallest absolute Gasteiger partial charge is 0.193 e. The van der Waals surface area contributed by atoms with Crippen LogP contribution in [0.3, 0.4) is 0 Å². The summed E-state index contributed by atoms with van der Waals surface area (Å²) in [6.45, 7) is 6.14. The minimum atomic E-state index is 0.135. The minimum Gasteiger partial charge on any atom is -0.377 e. The molecule has 122 valence electrons. The fourth-order valence-corrected chi connectivity index (χ4v) is 3.94. The Morgan fingerprint density at radius 1 is 1.55 bits per heavy atom. The van der Waals surface area contributed by atoms with Crippen LogP contribution in [0.25, 0.3) is 0 Å². The molecule has 1 aliphatic heterocycles. The van der Waals surface area contributed by atoms with Crippen molar-refractivity contribution in [2.75, 3.05) is 20.7 Å². The summed E-state index contributed by atoms with van der Waals surface area (Å²) in [6.07, 6.45) is 4.36. The van der Waals surface area contributed by atoms with Crippen molar-refractivity contribution in [3.8, 4) is 0 Å². The molecule has 6 nitrogen and oxygen atoms in total. The second kappa shape index (κ2) is 5.91. The van der Waals surface area contributed by atoms with Crippen LogP contribution >= 0.6 is 0 Å². The Labute approximate surface area is 131 Å². The van der Waals surface area contributed by atoms with Crippen LogP contribution in [-0.2, 0) is 11.3 Å². The van der Waals surface area contributed by atoms with Gasteiger partial charge in [0.25, 0.3) is 0 Å². The van der Waals surface area contributed by atoms with Crippen molar-refractivity contribution >= 4 is 5.96 Å². The Kier molecular flexibility index (Phi) is 4.12. The molecule has 1 aromatic heterocycles. The molecule has 1 saturated heterocycles. The van der Waals surface area contributed by atoms with E-state index in [2.05, 4.69) is 34.2 Å². The number of rotatable bonds is 3. The number of ether oxygens (including phenoxy) is 1. The summed E-state index contributed by atoms with van der Waals surface area (Å²) in [5, 5.41) is 7.60. The second-order valence-corrected chi connectivity index (χ2v) is 6.93. The first-order chi connectivity index (χ1) is 10.5. The lowest BCUT2D eigenvalue weighted by atomic mass is 9.55. The maximum Gasteiger partial charge on any atom is 0.193 e. The molecule has 2 fully saturated rings. The number of hydrogen-bond acceptors (Lipinski definition) is 4. The number of guanidine groups is 1. The standard InChI is InChI=1S/C16H26N4O2/c1-16(2)13(12-6-5-8-21-14(12)16)18-15(17-3)20(4)10-11-7-9-22-19-11/h7,9,12-14H,5-6,8,10H2,1-4H3,(H,17,18). The number of nitrogens with one attached hydrogen (secondary N) is 1. The average Bonchev–Trinajstić information content (AvgIpc) is 3.00. The molecule has 22 heavy (non-hydrogen) atoms. The lowest BCUT2D eigenvalue weighted by molar-refractivity contribution is -0.188. The fourth-order valence-electron chi connectivity index (χ4n) is 3.94. The summed E-state index contributed by atoms with van der Waals surface area (Å²) in [5.74, 6) is 1.48. The predicted octanol–water partition coefficient (Wildman–Crippen LogP) is 1.89. The average molecular weight is 306 g/mol. The molecule has 1 saturated carbocycles. The third kappa shape index (κ3) is 2.60. The van der Waals surface area contributed by atoms with Crippen molar-refractivity contribution in [1.29, 1.82) is 0 Å². The van der Waals surface area contributed by atoms with Gasteiger partial charge in [0.05, 0.1) is 12.6 Å². The van der Waals surface area contributed by atoms with E-state index in [1.165, 1.54) is 6.42 Å². The van der Waals surface area contributed by atoms with E-state index in [9.17, 15) is 0 Å². The van der Waals surface area contributed by atoms with E-state index < -0.39 is 0 Å². The van der Waals surface area contributed by atoms with Gasteiger partial charge >= 0.3 is 0 Å². The van der Waals surface area contributed by atoms with E-state index >= 15 is 0 Å². The molecule has 1 N–H and O–H groups in total. The van der Waals surface area contributed by atoms with E-state index in [0.717, 1.165) is 24.7 Å². The van der Waals surface area contributed by atoms with Gasteiger partial charge in [-0.25, -0.2) is 0 Å². The highest BCUT2D eigenvalue weighted by atomic mass is 16.5. The topological polar surface area (TPSA) is 62.9 Å². The monoisotopic (exact) mass is 306 g/mol. The molecule has 1 aliphatic carbocycles. The van der Waals surface area contributed by atoms with Gasteiger partial charge < -0.3 is 19.5 Å². The molecule has 0 spiro atoms. The zero-order chi connectivity index (χ0) is 15.7. The zero-order valence-electron chi connectivity index (χ0n) is 13.9. The van der Waals surface area contributed by atoms with Gasteiger partial charge in [-0.1, -0.05) is 19.0 Å². The quantitative estimate of drug-likeness (QED) is 0.682. The van der Waals surface area contributed by atoms with Gasteiger partial charge in [-0.3, -0.25) is 4.99 Å². The van der Waals surface area contributed by atoms with Gasteiger partial charge in [-0.15, -0.1) is 0 Å². The molecular formula is C16H26N4O2. The molecule has 3 atom stereocenters. The number of fused-ring (bicyclic) bond motifs is 1. The van der Waals surface area contributed by atoms with Crippen LogP contribution < -0.4 is 5.32 Å². The number of nitrogens with zero attached hydrogens (tertiary/aromatic N) is 3. The third-order valence-electron chi connectivity index (χ3n) is 5.08. The van der Waals surface area contributed by atoms with Crippen molar-refractivity contribution < 1.29 is 9.26 Å². The highest BCUT2D eigenvalue weighted by Gasteiger charge is 2.58. The van der Waals surface area contributed by atoms with Gasteiger partial charge in [0.15, 0.2) is 5.96 Å². The molecule has 3 unspecified atom stereocenters. The summed E-state index contributed by atoms with van der Waals surface area (Å²) in [4.78, 5) is 6.50. The summed E-state index contributed by atoms with van der Waals surface area (Å²) in [5.41, 5.74) is 1.03. The highest BCUT2D eigenvalue weighted by Crippen LogP contribution is 2.51. The Hall–Kier alpha value is -1.56. The first kappa shape index (κ1) is 15.3. The van der Waals surface area contributed by atoms with E-state index in [4.69, 9.17) is 9.26 Å². The first-order valence-corrected chi connectivity index (χ1v) is 7.99. The molecular weight excluding hydrogens is 280 g/mol. The summed E-state index contributed by atoms with van der Waals surface area (Å²) >= 11 is 0. The largest absolute Gasteiger partial charge is 0.377 e. The van der Waals surface area contributed by atoms with Gasteiger partial charge in [0.2, 0.25) is 0 Å². The van der Waals surface area contributed by atoms with E-state index in [1.807, 2.05) is 20.2 Å². The Morgan fingerprint density at radius 3 is 3.05 bits per heavy atom. The lowest BCUT2D eigenvalue weighted by Crippen LogP contribution is -2.71. The molecule has 0 radical (unpaired) electrons. The van der Waals surface area contributed by atoms with Crippen molar-refractivity contribution in [1.82, 2.24) is 15.4 Å². The molecule has 0 bridgehead atoms. The predicted molar refractivity (Wildman–Crippen MR) is 84.5 cm³/mol. The number of hydrogen-bond donors (Lipinski definition) is 1. The molecule has 0 amide bonds. The normalized spacial score (nSPS) is 30.4. The van der Waals surface area contributed by atoms with Crippen LogP contribution in [0.2, 0.25) is 0 Å². The molecule has 0 aromatic carbocycles. The van der Waals surface area contributed by atoms with E-state index in [1.54, 1.807) is 6.26 Å². The van der Waals surface area contributed by atoms with Crippen LogP contribution in [0.15, 0.2) is 21.8 Å². The Bertz CT molecular complexity index is 526. The van der Waals surface area contributed by atoms with Crippen molar-refractivity contribution in [3.63, 3.8) is 0 Å².